The average Bonchev–Trinajstić information content (AvgIpc) is 2.14. The minimum Gasteiger partial charge on any atom is -0.291 e. The second kappa shape index (κ2) is 1.90. The number of rotatable bonds is 0. The normalized spacial score (nSPS) is 19.3. The van der Waals surface area contributed by atoms with E-state index in [9.17, 15) is 0 Å². The van der Waals surface area contributed by atoms with Crippen molar-refractivity contribution in [3.63, 3.8) is 0 Å². The average molecular weight is 101 g/mol. The maximum Gasteiger partial charge on any atom is 0.135 e. The molecule has 0 aromatic rings. The summed E-state index contributed by atoms with van der Waals surface area (Å²) in [6.45, 7) is 1.26. The van der Waals surface area contributed by atoms with Crippen molar-refractivity contribution in [2.75, 3.05) is 13.2 Å². The zero-order chi connectivity index (χ0) is 5.11. The van der Waals surface area contributed by atoms with Crippen molar-refractivity contribution in [2.45, 2.75) is 0 Å². The number of hydrogen-bond acceptors (Lipinski definition) is 4. The minimum absolute atomic E-state index is 0.611. The zero-order valence-corrected chi connectivity index (χ0v) is 3.81. The Labute approximate surface area is 41.2 Å². The van der Waals surface area contributed by atoms with E-state index < -0.39 is 0 Å². The second-order valence-electron chi connectivity index (χ2n) is 1.30. The van der Waals surface area contributed by atoms with Crippen LogP contribution in [-0.4, -0.2) is 24.3 Å². The van der Waals surface area contributed by atoms with Gasteiger partial charge in [0.2, 0.25) is 0 Å². The van der Waals surface area contributed by atoms with Gasteiger partial charge in [0.05, 0.1) is 13.2 Å². The van der Waals surface area contributed by atoms with Gasteiger partial charge < -0.3 is 0 Å². The molecule has 7 heavy (non-hydrogen) atoms. The van der Waals surface area contributed by atoms with Crippen LogP contribution < -0.4 is 10.8 Å². The standard InChI is InChI=1S/C3H7N3O/c7-6-3-1-4-2-5-3/h4,7H,1-2H2,(H,5,6). The lowest BCUT2D eigenvalue weighted by molar-refractivity contribution is 0.233. The number of hydroxylamine groups is 1. The van der Waals surface area contributed by atoms with Gasteiger partial charge in [0.15, 0.2) is 0 Å². The van der Waals surface area contributed by atoms with Crippen LogP contribution >= 0.6 is 0 Å². The Morgan fingerprint density at radius 1 is 1.86 bits per heavy atom. The first-order chi connectivity index (χ1) is 3.43. The van der Waals surface area contributed by atoms with E-state index in [2.05, 4.69) is 10.3 Å². The summed E-state index contributed by atoms with van der Waals surface area (Å²) in [6.07, 6.45) is 0. The van der Waals surface area contributed by atoms with Crippen molar-refractivity contribution in [2.24, 2.45) is 4.99 Å². The van der Waals surface area contributed by atoms with Crippen LogP contribution in [0.25, 0.3) is 0 Å². The van der Waals surface area contributed by atoms with E-state index in [1.54, 1.807) is 0 Å². The van der Waals surface area contributed by atoms with Crippen molar-refractivity contribution >= 4 is 5.84 Å². The first-order valence-electron chi connectivity index (χ1n) is 2.07. The van der Waals surface area contributed by atoms with E-state index in [1.807, 2.05) is 5.48 Å². The lowest BCUT2D eigenvalue weighted by Gasteiger charge is -1.90. The van der Waals surface area contributed by atoms with Crippen molar-refractivity contribution in [3.8, 4) is 0 Å². The molecule has 0 amide bonds. The maximum absolute atomic E-state index is 8.15. The summed E-state index contributed by atoms with van der Waals surface area (Å²) in [6, 6.07) is 0. The van der Waals surface area contributed by atoms with E-state index in [0.717, 1.165) is 0 Å². The fraction of sp³-hybridized carbons (Fsp3) is 0.667. The van der Waals surface area contributed by atoms with Gasteiger partial charge in [-0.15, -0.1) is 0 Å². The highest BCUT2D eigenvalue weighted by molar-refractivity contribution is 5.84. The predicted molar refractivity (Wildman–Crippen MR) is 25.2 cm³/mol. The summed E-state index contributed by atoms with van der Waals surface area (Å²) in [5, 5.41) is 11.0. The van der Waals surface area contributed by atoms with E-state index in [0.29, 0.717) is 19.0 Å². The molecular formula is C3H7N3O. The Kier molecular flexibility index (Phi) is 1.24. The molecule has 0 fully saturated rings. The molecule has 0 aromatic carbocycles. The van der Waals surface area contributed by atoms with Gasteiger partial charge >= 0.3 is 0 Å². The molecule has 0 radical (unpaired) electrons. The highest BCUT2D eigenvalue weighted by Crippen LogP contribution is 1.77. The molecular weight excluding hydrogens is 94.1 g/mol. The van der Waals surface area contributed by atoms with Gasteiger partial charge in [0.25, 0.3) is 0 Å². The third-order valence-corrected chi connectivity index (χ3v) is 0.803. The lowest BCUT2D eigenvalue weighted by atomic mass is 10.6. The van der Waals surface area contributed by atoms with Crippen LogP contribution in [0.3, 0.4) is 0 Å². The largest absolute Gasteiger partial charge is 0.291 e. The smallest absolute Gasteiger partial charge is 0.135 e. The topological polar surface area (TPSA) is 56.6 Å². The van der Waals surface area contributed by atoms with Crippen molar-refractivity contribution in [1.29, 1.82) is 0 Å². The summed E-state index contributed by atoms with van der Waals surface area (Å²) in [5.41, 5.74) is 1.95. The molecule has 0 saturated carbocycles. The SMILES string of the molecule is ONC1=NCNC1. The third kappa shape index (κ3) is 0.880. The van der Waals surface area contributed by atoms with E-state index in [1.165, 1.54) is 0 Å². The van der Waals surface area contributed by atoms with Crippen molar-refractivity contribution < 1.29 is 5.21 Å². The minimum atomic E-state index is 0.611. The second-order valence-corrected chi connectivity index (χ2v) is 1.30. The first kappa shape index (κ1) is 4.55. The van der Waals surface area contributed by atoms with Crippen LogP contribution in [0.4, 0.5) is 0 Å². The highest BCUT2D eigenvalue weighted by atomic mass is 16.5. The van der Waals surface area contributed by atoms with Gasteiger partial charge in [-0.2, -0.15) is 0 Å². The van der Waals surface area contributed by atoms with Gasteiger partial charge in [-0.1, -0.05) is 0 Å². The molecule has 0 bridgehead atoms. The third-order valence-electron chi connectivity index (χ3n) is 0.803. The molecule has 0 aromatic heterocycles. The van der Waals surface area contributed by atoms with E-state index >= 15 is 0 Å². The van der Waals surface area contributed by atoms with Crippen LogP contribution in [0.15, 0.2) is 4.99 Å². The first-order valence-corrected chi connectivity index (χ1v) is 2.07. The molecule has 0 spiro atoms. The van der Waals surface area contributed by atoms with E-state index in [-0.39, 0.29) is 0 Å². The highest BCUT2D eigenvalue weighted by Gasteiger charge is 2.00. The van der Waals surface area contributed by atoms with Gasteiger partial charge in [0, 0.05) is 0 Å². The fourth-order valence-corrected chi connectivity index (χ4v) is 0.456. The number of hydrogen-bond donors (Lipinski definition) is 3. The lowest BCUT2D eigenvalue weighted by Crippen LogP contribution is -2.24. The Morgan fingerprint density at radius 2 is 2.71 bits per heavy atom. The fourth-order valence-electron chi connectivity index (χ4n) is 0.456. The summed E-state index contributed by atoms with van der Waals surface area (Å²) in [4.78, 5) is 3.80. The van der Waals surface area contributed by atoms with E-state index in [4.69, 9.17) is 5.21 Å². The number of nitrogens with zero attached hydrogens (tertiary/aromatic N) is 1. The molecule has 0 atom stereocenters. The number of nitrogens with one attached hydrogen (secondary N) is 2. The monoisotopic (exact) mass is 101 g/mol. The summed E-state index contributed by atoms with van der Waals surface area (Å²) in [7, 11) is 0. The van der Waals surface area contributed by atoms with Crippen LogP contribution in [-0.2, 0) is 0 Å². The Balaban J connectivity index is 2.36. The van der Waals surface area contributed by atoms with Gasteiger partial charge in [-0.25, -0.2) is 0 Å². The van der Waals surface area contributed by atoms with Crippen molar-refractivity contribution in [3.05, 3.63) is 0 Å². The summed E-state index contributed by atoms with van der Waals surface area (Å²) >= 11 is 0. The molecule has 0 saturated heterocycles. The van der Waals surface area contributed by atoms with Crippen LogP contribution in [0, 0.1) is 0 Å². The zero-order valence-electron chi connectivity index (χ0n) is 3.81. The molecule has 1 rings (SSSR count). The van der Waals surface area contributed by atoms with Crippen LogP contribution in [0.1, 0.15) is 0 Å². The van der Waals surface area contributed by atoms with Gasteiger partial charge in [0.1, 0.15) is 5.84 Å². The molecule has 3 N–H and O–H groups in total. The molecule has 1 aliphatic heterocycles. The molecule has 0 unspecified atom stereocenters. The predicted octanol–water partition coefficient (Wildman–Crippen LogP) is -1.08. The van der Waals surface area contributed by atoms with Gasteiger partial charge in [-0.05, 0) is 0 Å². The Morgan fingerprint density at radius 3 is 3.00 bits per heavy atom. The molecule has 0 aliphatic carbocycles. The summed E-state index contributed by atoms with van der Waals surface area (Å²) in [5.74, 6) is 0.611. The molecule has 1 aliphatic rings. The number of aliphatic imine (C=N–C) groups is 1. The van der Waals surface area contributed by atoms with Crippen LogP contribution in [0.2, 0.25) is 0 Å². The summed E-state index contributed by atoms with van der Waals surface area (Å²) < 4.78 is 0. The van der Waals surface area contributed by atoms with Gasteiger partial charge in [-0.3, -0.25) is 21.0 Å². The molecule has 4 heteroatoms. The van der Waals surface area contributed by atoms with Crippen LogP contribution in [0.5, 0.6) is 0 Å². The van der Waals surface area contributed by atoms with Crippen molar-refractivity contribution in [1.82, 2.24) is 10.8 Å². The number of amidine groups is 1. The quantitative estimate of drug-likeness (QED) is 0.340. The molecule has 4 nitrogen and oxygen atoms in total. The maximum atomic E-state index is 8.15. The Bertz CT molecular complexity index is 90.2. The Hall–Kier alpha value is -0.610. The molecule has 40 valence electrons. The molecule has 1 heterocycles.